The van der Waals surface area contributed by atoms with Gasteiger partial charge in [-0.2, -0.15) is 0 Å². The van der Waals surface area contributed by atoms with Crippen molar-refractivity contribution in [2.45, 2.75) is 47.5 Å². The smallest absolute Gasteiger partial charge is 0.00237 e. The van der Waals surface area contributed by atoms with Gasteiger partial charge in [-0.15, -0.1) is 11.8 Å². The second-order valence-electron chi connectivity index (χ2n) is 3.24. The summed E-state index contributed by atoms with van der Waals surface area (Å²) in [6.45, 7) is 13.0. The average molecular weight is 231 g/mol. The molecular weight excluding hydrogens is 202 g/mol. The fourth-order valence-electron chi connectivity index (χ4n) is 1.28. The molecule has 0 aromatic heterocycles. The van der Waals surface area contributed by atoms with Crippen molar-refractivity contribution in [2.24, 2.45) is 0 Å². The summed E-state index contributed by atoms with van der Waals surface area (Å²) in [5, 5.41) is 0. The molecule has 0 aliphatic carbocycles. The molecule has 0 amide bonds. The first-order valence-electron chi connectivity index (χ1n) is 6.21. The van der Waals surface area contributed by atoms with E-state index < -0.39 is 0 Å². The molecule has 0 saturated heterocycles. The summed E-state index contributed by atoms with van der Waals surface area (Å²) >= 11 is 1.97. The van der Waals surface area contributed by atoms with Crippen LogP contribution in [-0.2, 0) is 0 Å². The van der Waals surface area contributed by atoms with Gasteiger partial charge in [-0.25, -0.2) is 0 Å². The molecule has 2 heteroatoms. The van der Waals surface area contributed by atoms with E-state index in [4.69, 9.17) is 0 Å². The van der Waals surface area contributed by atoms with Gasteiger partial charge in [0, 0.05) is 6.54 Å². The van der Waals surface area contributed by atoms with E-state index in [1.165, 1.54) is 36.6 Å². The lowest BCUT2D eigenvalue weighted by atomic mass is 10.3. The zero-order valence-corrected chi connectivity index (χ0v) is 12.3. The lowest BCUT2D eigenvalue weighted by Crippen LogP contribution is -2.20. The predicted octanol–water partition coefficient (Wildman–Crippen LogP) is 4.40. The summed E-state index contributed by atoms with van der Waals surface area (Å²) in [5.41, 5.74) is 0. The molecule has 0 aliphatic rings. The summed E-state index contributed by atoms with van der Waals surface area (Å²) in [5.74, 6) is 1.19. The highest BCUT2D eigenvalue weighted by molar-refractivity contribution is 8.03. The zero-order chi connectivity index (χ0) is 12.1. The molecule has 92 valence electrons. The van der Waals surface area contributed by atoms with Gasteiger partial charge in [0.2, 0.25) is 0 Å². The largest absolute Gasteiger partial charge is 0.306 e. The van der Waals surface area contributed by atoms with Crippen molar-refractivity contribution >= 4 is 11.8 Å². The van der Waals surface area contributed by atoms with E-state index in [9.17, 15) is 0 Å². The fraction of sp³-hybridized carbons (Fsp3) is 0.846. The Hall–Kier alpha value is 0.0500. The van der Waals surface area contributed by atoms with Gasteiger partial charge in [0.1, 0.15) is 0 Å². The second kappa shape index (κ2) is 14.1. The highest BCUT2D eigenvalue weighted by atomic mass is 32.2. The van der Waals surface area contributed by atoms with Gasteiger partial charge in [-0.3, -0.25) is 0 Å². The average Bonchev–Trinajstić information content (AvgIpc) is 2.27. The van der Waals surface area contributed by atoms with Crippen LogP contribution in [0, 0.1) is 0 Å². The Morgan fingerprint density at radius 1 is 1.20 bits per heavy atom. The van der Waals surface area contributed by atoms with Crippen molar-refractivity contribution in [3.8, 4) is 0 Å². The number of thioether (sulfide) groups is 1. The van der Waals surface area contributed by atoms with Crippen molar-refractivity contribution in [2.75, 3.05) is 25.9 Å². The van der Waals surface area contributed by atoms with Crippen LogP contribution in [0.15, 0.2) is 11.0 Å². The Labute approximate surface area is 101 Å². The Morgan fingerprint density at radius 2 is 1.80 bits per heavy atom. The van der Waals surface area contributed by atoms with E-state index in [-0.39, 0.29) is 0 Å². The van der Waals surface area contributed by atoms with E-state index >= 15 is 0 Å². The van der Waals surface area contributed by atoms with Crippen LogP contribution in [0.2, 0.25) is 0 Å². The summed E-state index contributed by atoms with van der Waals surface area (Å²) < 4.78 is 0. The summed E-state index contributed by atoms with van der Waals surface area (Å²) in [7, 11) is 2.20. The summed E-state index contributed by atoms with van der Waals surface area (Å²) in [6, 6.07) is 0. The maximum atomic E-state index is 2.40. The van der Waals surface area contributed by atoms with E-state index in [1.807, 2.05) is 25.6 Å². The first-order chi connectivity index (χ1) is 7.24. The van der Waals surface area contributed by atoms with E-state index in [1.54, 1.807) is 0 Å². The molecule has 0 fully saturated rings. The van der Waals surface area contributed by atoms with Gasteiger partial charge >= 0.3 is 0 Å². The van der Waals surface area contributed by atoms with Crippen LogP contribution in [0.5, 0.6) is 0 Å². The van der Waals surface area contributed by atoms with Crippen molar-refractivity contribution in [1.29, 1.82) is 0 Å². The van der Waals surface area contributed by atoms with Crippen molar-refractivity contribution in [3.63, 3.8) is 0 Å². The van der Waals surface area contributed by atoms with Crippen molar-refractivity contribution < 1.29 is 0 Å². The monoisotopic (exact) mass is 231 g/mol. The number of hydrogen-bond acceptors (Lipinski definition) is 2. The lowest BCUT2D eigenvalue weighted by Gasteiger charge is -2.15. The van der Waals surface area contributed by atoms with Crippen LogP contribution in [0.4, 0.5) is 0 Å². The molecule has 0 heterocycles. The third-order valence-corrected chi connectivity index (χ3v) is 3.10. The van der Waals surface area contributed by atoms with E-state index in [0.717, 1.165) is 0 Å². The molecule has 0 N–H and O–H groups in total. The molecule has 0 aromatic carbocycles. The van der Waals surface area contributed by atoms with Crippen LogP contribution in [0.1, 0.15) is 47.5 Å². The summed E-state index contributed by atoms with van der Waals surface area (Å²) in [4.78, 5) is 3.94. The molecular formula is C13H29NS. The molecule has 0 bridgehead atoms. The van der Waals surface area contributed by atoms with Gasteiger partial charge in [0.25, 0.3) is 0 Å². The molecule has 0 unspecified atom stereocenters. The van der Waals surface area contributed by atoms with Crippen LogP contribution < -0.4 is 0 Å². The van der Waals surface area contributed by atoms with Gasteiger partial charge in [0.05, 0.1) is 0 Å². The van der Waals surface area contributed by atoms with Crippen LogP contribution >= 0.6 is 11.8 Å². The Morgan fingerprint density at radius 3 is 2.20 bits per heavy atom. The molecule has 0 aromatic rings. The Kier molecular flexibility index (Phi) is 16.3. The Balaban J connectivity index is 0. The predicted molar refractivity (Wildman–Crippen MR) is 75.6 cm³/mol. The molecule has 0 rings (SSSR count). The standard InChI is InChI=1S/C11H23NS.C2H6/c1-5-9-12(4)10-8-11(6-2)13-7-3;1-2/h6H,5,7-10H2,1-4H3;1-2H3/b11-6-;. The van der Waals surface area contributed by atoms with Crippen LogP contribution in [0.25, 0.3) is 0 Å². The topological polar surface area (TPSA) is 3.24 Å². The van der Waals surface area contributed by atoms with Crippen LogP contribution in [0.3, 0.4) is 0 Å². The second-order valence-corrected chi connectivity index (χ2v) is 4.63. The molecule has 1 nitrogen and oxygen atoms in total. The minimum Gasteiger partial charge on any atom is -0.306 e. The number of rotatable bonds is 7. The maximum Gasteiger partial charge on any atom is 0.00237 e. The molecule has 0 spiro atoms. The van der Waals surface area contributed by atoms with Gasteiger partial charge in [-0.1, -0.05) is 33.8 Å². The molecule has 0 radical (unpaired) electrons. The van der Waals surface area contributed by atoms with Crippen molar-refractivity contribution in [1.82, 2.24) is 4.90 Å². The highest BCUT2D eigenvalue weighted by Gasteiger charge is 1.99. The third-order valence-electron chi connectivity index (χ3n) is 2.00. The first kappa shape index (κ1) is 17.4. The fourth-order valence-corrected chi connectivity index (χ4v) is 2.05. The minimum atomic E-state index is 1.19. The summed E-state index contributed by atoms with van der Waals surface area (Å²) in [6.07, 6.45) is 4.71. The van der Waals surface area contributed by atoms with Crippen LogP contribution in [-0.4, -0.2) is 30.8 Å². The highest BCUT2D eigenvalue weighted by Crippen LogP contribution is 2.18. The Bertz CT molecular complexity index is 143. The number of hydrogen-bond donors (Lipinski definition) is 0. The first-order valence-corrected chi connectivity index (χ1v) is 7.19. The number of nitrogens with zero attached hydrogens (tertiary/aromatic N) is 1. The SMILES string of the molecule is C/C=C(/CCN(C)CCC)SCC.CC. The molecule has 15 heavy (non-hydrogen) atoms. The molecule has 0 atom stereocenters. The zero-order valence-electron chi connectivity index (χ0n) is 11.5. The van der Waals surface area contributed by atoms with Gasteiger partial charge in [0.15, 0.2) is 0 Å². The van der Waals surface area contributed by atoms with Crippen molar-refractivity contribution in [3.05, 3.63) is 11.0 Å². The van der Waals surface area contributed by atoms with E-state index in [0.29, 0.717) is 0 Å². The maximum absolute atomic E-state index is 2.40. The normalized spacial score (nSPS) is 11.3. The quantitative estimate of drug-likeness (QED) is 0.639. The minimum absolute atomic E-state index is 1.19. The lowest BCUT2D eigenvalue weighted by molar-refractivity contribution is 0.341. The van der Waals surface area contributed by atoms with Gasteiger partial charge in [-0.05, 0) is 44.0 Å². The third kappa shape index (κ3) is 12.0. The van der Waals surface area contributed by atoms with E-state index in [2.05, 4.69) is 38.8 Å². The number of allylic oxidation sites excluding steroid dienone is 1. The molecule has 0 aliphatic heterocycles. The molecule has 0 saturated carbocycles. The van der Waals surface area contributed by atoms with Gasteiger partial charge < -0.3 is 4.90 Å².